The van der Waals surface area contributed by atoms with E-state index in [1.54, 1.807) is 0 Å². The van der Waals surface area contributed by atoms with Crippen molar-refractivity contribution in [1.82, 2.24) is 15.5 Å². The van der Waals surface area contributed by atoms with Crippen molar-refractivity contribution in [3.8, 4) is 0 Å². The summed E-state index contributed by atoms with van der Waals surface area (Å²) in [6.45, 7) is 4.92. The van der Waals surface area contributed by atoms with Gasteiger partial charge in [0.05, 0.1) is 6.54 Å². The summed E-state index contributed by atoms with van der Waals surface area (Å²) in [6, 6.07) is 0. The number of sulfone groups is 1. The second-order valence-electron chi connectivity index (χ2n) is 3.68. The van der Waals surface area contributed by atoms with Gasteiger partial charge in [-0.15, -0.1) is 10.2 Å². The van der Waals surface area contributed by atoms with Crippen LogP contribution in [0.3, 0.4) is 0 Å². The third-order valence-electron chi connectivity index (χ3n) is 2.18. The van der Waals surface area contributed by atoms with Crippen LogP contribution in [0.5, 0.6) is 0 Å². The summed E-state index contributed by atoms with van der Waals surface area (Å²) in [5.74, 6) is 0.565. The van der Waals surface area contributed by atoms with Gasteiger partial charge in [0.1, 0.15) is 5.25 Å². The van der Waals surface area contributed by atoms with Crippen LogP contribution in [0.2, 0.25) is 0 Å². The number of nitrogens with zero attached hydrogens (tertiary/aromatic N) is 2. The molecule has 7 heteroatoms. The zero-order chi connectivity index (χ0) is 12.2. The Morgan fingerprint density at radius 1 is 1.44 bits per heavy atom. The summed E-state index contributed by atoms with van der Waals surface area (Å²) in [5.41, 5.74) is 0. The van der Waals surface area contributed by atoms with E-state index in [9.17, 15) is 8.42 Å². The van der Waals surface area contributed by atoms with Crippen molar-refractivity contribution in [2.45, 2.75) is 32.1 Å². The molecular weight excluding hydrogens is 230 g/mol. The van der Waals surface area contributed by atoms with Gasteiger partial charge in [0, 0.05) is 6.26 Å². The van der Waals surface area contributed by atoms with Crippen LogP contribution in [0.25, 0.3) is 0 Å². The molecule has 1 N–H and O–H groups in total. The number of hydrogen-bond donors (Lipinski definition) is 1. The zero-order valence-electron chi connectivity index (χ0n) is 9.73. The number of aromatic nitrogens is 2. The van der Waals surface area contributed by atoms with Crippen molar-refractivity contribution in [3.05, 3.63) is 11.8 Å². The summed E-state index contributed by atoms with van der Waals surface area (Å²) < 4.78 is 27.8. The molecule has 0 aliphatic rings. The predicted molar refractivity (Wildman–Crippen MR) is 59.6 cm³/mol. The molecule has 0 aromatic carbocycles. The van der Waals surface area contributed by atoms with Crippen LogP contribution in [-0.4, -0.2) is 31.4 Å². The van der Waals surface area contributed by atoms with Gasteiger partial charge in [-0.3, -0.25) is 0 Å². The third kappa shape index (κ3) is 3.57. The van der Waals surface area contributed by atoms with Gasteiger partial charge in [-0.1, -0.05) is 6.92 Å². The molecule has 0 aliphatic carbocycles. The average Bonchev–Trinajstić information content (AvgIpc) is 2.64. The lowest BCUT2D eigenvalue weighted by molar-refractivity contribution is 0.429. The average molecular weight is 247 g/mol. The molecule has 92 valence electrons. The molecule has 0 saturated carbocycles. The first-order valence-corrected chi connectivity index (χ1v) is 7.12. The van der Waals surface area contributed by atoms with Gasteiger partial charge in [-0.05, 0) is 19.9 Å². The molecule has 16 heavy (non-hydrogen) atoms. The Morgan fingerprint density at radius 2 is 2.12 bits per heavy atom. The van der Waals surface area contributed by atoms with Crippen LogP contribution in [0.1, 0.15) is 37.3 Å². The standard InChI is InChI=1S/C9H17N3O3S/c1-4-5-10-6-8-11-12-9(15-8)7(2)16(3,13)14/h7,10H,4-6H2,1-3H3. The topological polar surface area (TPSA) is 85.1 Å². The Balaban J connectivity index is 2.64. The molecule has 0 aliphatic heterocycles. The molecular formula is C9H17N3O3S. The highest BCUT2D eigenvalue weighted by atomic mass is 32.2. The van der Waals surface area contributed by atoms with E-state index in [2.05, 4.69) is 22.4 Å². The fraction of sp³-hybridized carbons (Fsp3) is 0.778. The summed E-state index contributed by atoms with van der Waals surface area (Å²) >= 11 is 0. The van der Waals surface area contributed by atoms with E-state index >= 15 is 0 Å². The van der Waals surface area contributed by atoms with E-state index in [0.717, 1.165) is 19.2 Å². The molecule has 1 rings (SSSR count). The minimum Gasteiger partial charge on any atom is -0.422 e. The molecule has 0 fully saturated rings. The van der Waals surface area contributed by atoms with Crippen LogP contribution in [0.4, 0.5) is 0 Å². The quantitative estimate of drug-likeness (QED) is 0.744. The van der Waals surface area contributed by atoms with Crippen LogP contribution in [0.15, 0.2) is 4.42 Å². The highest BCUT2D eigenvalue weighted by Gasteiger charge is 2.23. The fourth-order valence-corrected chi connectivity index (χ4v) is 1.52. The Kier molecular flexibility index (Phi) is 4.43. The van der Waals surface area contributed by atoms with Crippen molar-refractivity contribution in [2.75, 3.05) is 12.8 Å². The first kappa shape index (κ1) is 13.1. The van der Waals surface area contributed by atoms with Crippen molar-refractivity contribution >= 4 is 9.84 Å². The van der Waals surface area contributed by atoms with Crippen LogP contribution in [-0.2, 0) is 16.4 Å². The van der Waals surface area contributed by atoms with Crippen molar-refractivity contribution < 1.29 is 12.8 Å². The van der Waals surface area contributed by atoms with E-state index in [-0.39, 0.29) is 5.89 Å². The van der Waals surface area contributed by atoms with Gasteiger partial charge in [0.15, 0.2) is 9.84 Å². The maximum absolute atomic E-state index is 11.3. The third-order valence-corrected chi connectivity index (χ3v) is 3.66. The maximum atomic E-state index is 11.3. The first-order chi connectivity index (χ1) is 7.45. The van der Waals surface area contributed by atoms with Crippen LogP contribution in [0, 0.1) is 0 Å². The zero-order valence-corrected chi connectivity index (χ0v) is 10.5. The normalized spacial score (nSPS) is 13.9. The number of rotatable bonds is 6. The van der Waals surface area contributed by atoms with E-state index in [4.69, 9.17) is 4.42 Å². The summed E-state index contributed by atoms with van der Waals surface area (Å²) in [4.78, 5) is 0. The fourth-order valence-electron chi connectivity index (χ4n) is 1.06. The van der Waals surface area contributed by atoms with Gasteiger partial charge >= 0.3 is 0 Å². The first-order valence-electron chi connectivity index (χ1n) is 5.17. The largest absolute Gasteiger partial charge is 0.422 e. The molecule has 0 spiro atoms. The van der Waals surface area contributed by atoms with Gasteiger partial charge in [0.25, 0.3) is 0 Å². The Labute approximate surface area is 95.4 Å². The molecule has 0 radical (unpaired) electrons. The molecule has 0 amide bonds. The summed E-state index contributed by atoms with van der Waals surface area (Å²) in [7, 11) is -3.18. The van der Waals surface area contributed by atoms with Gasteiger partial charge in [-0.2, -0.15) is 0 Å². The highest BCUT2D eigenvalue weighted by Crippen LogP contribution is 2.18. The second-order valence-corrected chi connectivity index (χ2v) is 6.05. The highest BCUT2D eigenvalue weighted by molar-refractivity contribution is 7.90. The SMILES string of the molecule is CCCNCc1nnc(C(C)S(C)(=O)=O)o1. The van der Waals surface area contributed by atoms with Crippen LogP contribution < -0.4 is 5.32 Å². The van der Waals surface area contributed by atoms with Crippen molar-refractivity contribution in [1.29, 1.82) is 0 Å². The minimum atomic E-state index is -3.18. The molecule has 1 unspecified atom stereocenters. The Bertz CT molecular complexity index is 427. The molecule has 1 atom stereocenters. The number of nitrogens with one attached hydrogen (secondary N) is 1. The Hall–Kier alpha value is -0.950. The molecule has 0 saturated heterocycles. The van der Waals surface area contributed by atoms with Crippen molar-refractivity contribution in [2.24, 2.45) is 0 Å². The molecule has 6 nitrogen and oxygen atoms in total. The lowest BCUT2D eigenvalue weighted by atomic mass is 10.5. The van der Waals surface area contributed by atoms with Gasteiger partial charge in [0.2, 0.25) is 11.8 Å². The molecule has 0 bridgehead atoms. The second kappa shape index (κ2) is 5.40. The molecule has 1 aromatic heterocycles. The molecule has 1 aromatic rings. The van der Waals surface area contributed by atoms with E-state index in [1.165, 1.54) is 6.92 Å². The smallest absolute Gasteiger partial charge is 0.234 e. The van der Waals surface area contributed by atoms with E-state index < -0.39 is 15.1 Å². The van der Waals surface area contributed by atoms with E-state index in [0.29, 0.717) is 12.4 Å². The van der Waals surface area contributed by atoms with E-state index in [1.807, 2.05) is 0 Å². The molecule has 1 heterocycles. The van der Waals surface area contributed by atoms with Gasteiger partial charge in [-0.25, -0.2) is 8.42 Å². The predicted octanol–water partition coefficient (Wildman–Crippen LogP) is 0.675. The van der Waals surface area contributed by atoms with Gasteiger partial charge < -0.3 is 9.73 Å². The Morgan fingerprint density at radius 3 is 2.69 bits per heavy atom. The minimum absolute atomic E-state index is 0.149. The van der Waals surface area contributed by atoms with Crippen molar-refractivity contribution in [3.63, 3.8) is 0 Å². The lowest BCUT2D eigenvalue weighted by Crippen LogP contribution is -2.13. The summed E-state index contributed by atoms with van der Waals surface area (Å²) in [5, 5.41) is 9.85. The number of hydrogen-bond acceptors (Lipinski definition) is 6. The monoisotopic (exact) mass is 247 g/mol. The lowest BCUT2D eigenvalue weighted by Gasteiger charge is -2.02. The summed E-state index contributed by atoms with van der Waals surface area (Å²) in [6.07, 6.45) is 2.16. The maximum Gasteiger partial charge on any atom is 0.234 e. The van der Waals surface area contributed by atoms with Crippen LogP contribution >= 0.6 is 0 Å².